The molecule has 3 aromatic rings. The summed E-state index contributed by atoms with van der Waals surface area (Å²) in [6, 6.07) is 11.9. The van der Waals surface area contributed by atoms with Crippen LogP contribution in [0.25, 0.3) is 0 Å². The van der Waals surface area contributed by atoms with Gasteiger partial charge in [0.25, 0.3) is 15.9 Å². The summed E-state index contributed by atoms with van der Waals surface area (Å²) >= 11 is 0. The average Bonchev–Trinajstić information content (AvgIpc) is 2.86. The van der Waals surface area contributed by atoms with E-state index in [2.05, 4.69) is 0 Å². The number of sulfonamides is 1. The van der Waals surface area contributed by atoms with Crippen LogP contribution < -0.4 is 14.4 Å². The van der Waals surface area contributed by atoms with Crippen LogP contribution in [0.15, 0.2) is 65.6 Å². The highest BCUT2D eigenvalue weighted by atomic mass is 32.2. The Kier molecular flexibility index (Phi) is 7.57. The number of hydrogen-bond donors (Lipinski definition) is 1. The fourth-order valence-corrected chi connectivity index (χ4v) is 5.81. The zero-order valence-electron chi connectivity index (χ0n) is 20.4. The Morgan fingerprint density at radius 3 is 2.21 bits per heavy atom. The van der Waals surface area contributed by atoms with Crippen molar-refractivity contribution in [2.45, 2.75) is 37.0 Å². The number of carbonyl (C=O) groups is 1. The van der Waals surface area contributed by atoms with Gasteiger partial charge in [-0.05, 0) is 73.4 Å². The number of halogens is 6. The molecule has 13 heteroatoms. The Morgan fingerprint density at radius 1 is 0.949 bits per heavy atom. The summed E-state index contributed by atoms with van der Waals surface area (Å²) in [4.78, 5) is 12.3. The molecule has 0 atom stereocenters. The number of fused-ring (bicyclic) bond motifs is 1. The number of nitrogens with zero attached hydrogens (tertiary/aromatic N) is 1. The van der Waals surface area contributed by atoms with E-state index in [4.69, 9.17) is 4.74 Å². The summed E-state index contributed by atoms with van der Waals surface area (Å²) in [6.07, 6.45) is -8.71. The van der Waals surface area contributed by atoms with Gasteiger partial charge < -0.3 is 10.1 Å². The zero-order chi connectivity index (χ0) is 28.6. The van der Waals surface area contributed by atoms with E-state index in [1.165, 1.54) is 22.5 Å². The summed E-state index contributed by atoms with van der Waals surface area (Å²) in [5.74, 6) is -0.897. The lowest BCUT2D eigenvalue weighted by molar-refractivity contribution is -0.143. The number of hydrogen-bond acceptors (Lipinski definition) is 4. The minimum atomic E-state index is -5.06. The van der Waals surface area contributed by atoms with E-state index in [-0.39, 0.29) is 16.7 Å². The predicted molar refractivity (Wildman–Crippen MR) is 131 cm³/mol. The maximum absolute atomic E-state index is 13.3. The molecule has 1 amide bonds. The highest BCUT2D eigenvalue weighted by Gasteiger charge is 2.37. The summed E-state index contributed by atoms with van der Waals surface area (Å²) in [5, 5.41) is 1.98. The molecule has 1 heterocycles. The lowest BCUT2D eigenvalue weighted by Crippen LogP contribution is -2.35. The van der Waals surface area contributed by atoms with E-state index in [1.807, 2.05) is 17.4 Å². The van der Waals surface area contributed by atoms with Crippen molar-refractivity contribution in [1.29, 1.82) is 0 Å². The third kappa shape index (κ3) is 6.29. The van der Waals surface area contributed by atoms with Gasteiger partial charge in [0, 0.05) is 12.2 Å². The molecule has 0 saturated carbocycles. The van der Waals surface area contributed by atoms with Gasteiger partial charge in [0.2, 0.25) is 0 Å². The molecule has 0 unspecified atom stereocenters. The number of carbonyl (C=O) groups excluding carboxylic acids is 1. The SMILES string of the molecule is Cc1cc(S(=O)(=O)N2CCCc3ccccc32)ccc1OCC(=O)Nc1cc(C(F)(F)F)cc(C(F)(F)F)c1. The second-order valence-electron chi connectivity index (χ2n) is 8.87. The molecule has 6 nitrogen and oxygen atoms in total. The summed E-state index contributed by atoms with van der Waals surface area (Å²) in [5.41, 5.74) is -1.98. The molecular weight excluding hydrogens is 550 g/mol. The molecule has 0 bridgehead atoms. The van der Waals surface area contributed by atoms with Crippen molar-refractivity contribution in [3.63, 3.8) is 0 Å². The van der Waals surface area contributed by atoms with Crippen molar-refractivity contribution in [2.24, 2.45) is 0 Å². The van der Waals surface area contributed by atoms with Gasteiger partial charge in [-0.25, -0.2) is 8.42 Å². The predicted octanol–water partition coefficient (Wildman–Crippen LogP) is 6.19. The second kappa shape index (κ2) is 10.4. The lowest BCUT2D eigenvalue weighted by atomic mass is 10.0. The molecule has 0 radical (unpaired) electrons. The van der Waals surface area contributed by atoms with Crippen molar-refractivity contribution in [3.8, 4) is 5.75 Å². The van der Waals surface area contributed by atoms with Crippen LogP contribution in [0.3, 0.4) is 0 Å². The van der Waals surface area contributed by atoms with E-state index < -0.39 is 51.7 Å². The van der Waals surface area contributed by atoms with Crippen LogP contribution in [0.2, 0.25) is 0 Å². The molecule has 3 aromatic carbocycles. The number of alkyl halides is 6. The highest BCUT2D eigenvalue weighted by Crippen LogP contribution is 2.38. The number of para-hydroxylation sites is 1. The number of rotatable bonds is 6. The number of ether oxygens (including phenoxy) is 1. The minimum Gasteiger partial charge on any atom is -0.483 e. The zero-order valence-corrected chi connectivity index (χ0v) is 21.2. The fraction of sp³-hybridized carbons (Fsp3) is 0.269. The third-order valence-electron chi connectivity index (χ3n) is 6.03. The first-order valence-electron chi connectivity index (χ1n) is 11.6. The van der Waals surface area contributed by atoms with Gasteiger partial charge in [-0.15, -0.1) is 0 Å². The third-order valence-corrected chi connectivity index (χ3v) is 7.84. The van der Waals surface area contributed by atoms with Crippen molar-refractivity contribution < 1.29 is 44.3 Å². The number of benzene rings is 3. The molecule has 1 N–H and O–H groups in total. The molecule has 1 aliphatic rings. The molecule has 0 aromatic heterocycles. The molecule has 0 fully saturated rings. The Balaban J connectivity index is 1.47. The Labute approximate surface area is 220 Å². The Hall–Kier alpha value is -3.74. The van der Waals surface area contributed by atoms with Crippen LogP contribution in [-0.2, 0) is 33.6 Å². The van der Waals surface area contributed by atoms with E-state index in [0.717, 1.165) is 12.0 Å². The summed E-state index contributed by atoms with van der Waals surface area (Å²) < 4.78 is 112. The lowest BCUT2D eigenvalue weighted by Gasteiger charge is -2.30. The minimum absolute atomic E-state index is 0.00264. The van der Waals surface area contributed by atoms with E-state index in [0.29, 0.717) is 36.3 Å². The quantitative estimate of drug-likeness (QED) is 0.358. The standard InChI is InChI=1S/C26H22F6N2O4S/c1-16-11-21(39(36,37)34-10-4-6-17-5-2-3-7-22(17)34)8-9-23(16)38-15-24(35)33-20-13-18(25(27,28)29)12-19(14-20)26(30,31)32/h2-3,5,7-9,11-14H,4,6,10,15H2,1H3,(H,33,35). The number of anilines is 2. The van der Waals surface area contributed by atoms with Crippen LogP contribution >= 0.6 is 0 Å². The number of amides is 1. The van der Waals surface area contributed by atoms with E-state index >= 15 is 0 Å². The smallest absolute Gasteiger partial charge is 0.416 e. The van der Waals surface area contributed by atoms with Gasteiger partial charge in [0.1, 0.15) is 5.75 Å². The Bertz CT molecular complexity index is 1470. The van der Waals surface area contributed by atoms with Crippen LogP contribution in [0.1, 0.15) is 28.7 Å². The van der Waals surface area contributed by atoms with E-state index in [9.17, 15) is 39.6 Å². The number of nitrogens with one attached hydrogen (secondary N) is 1. The molecule has 208 valence electrons. The largest absolute Gasteiger partial charge is 0.483 e. The van der Waals surface area contributed by atoms with Crippen LogP contribution in [0.5, 0.6) is 5.75 Å². The Morgan fingerprint density at radius 2 is 1.59 bits per heavy atom. The van der Waals surface area contributed by atoms with Gasteiger partial charge in [-0.2, -0.15) is 26.3 Å². The normalized spacial score (nSPS) is 14.1. The van der Waals surface area contributed by atoms with E-state index in [1.54, 1.807) is 19.1 Å². The first-order chi connectivity index (χ1) is 18.2. The molecule has 39 heavy (non-hydrogen) atoms. The van der Waals surface area contributed by atoms with Crippen molar-refractivity contribution in [3.05, 3.63) is 82.9 Å². The monoisotopic (exact) mass is 572 g/mol. The van der Waals surface area contributed by atoms with Gasteiger partial charge >= 0.3 is 12.4 Å². The first-order valence-corrected chi connectivity index (χ1v) is 13.0. The summed E-state index contributed by atoms with van der Waals surface area (Å²) in [7, 11) is -3.90. The molecule has 1 aliphatic heterocycles. The van der Waals surface area contributed by atoms with Crippen LogP contribution in [0, 0.1) is 6.92 Å². The highest BCUT2D eigenvalue weighted by molar-refractivity contribution is 7.92. The number of aryl methyl sites for hydroxylation is 2. The van der Waals surface area contributed by atoms with Crippen LogP contribution in [0.4, 0.5) is 37.7 Å². The van der Waals surface area contributed by atoms with Gasteiger partial charge in [-0.3, -0.25) is 9.10 Å². The van der Waals surface area contributed by atoms with Crippen molar-refractivity contribution in [1.82, 2.24) is 0 Å². The maximum atomic E-state index is 13.3. The summed E-state index contributed by atoms with van der Waals surface area (Å²) in [6.45, 7) is 1.10. The van der Waals surface area contributed by atoms with Crippen molar-refractivity contribution >= 4 is 27.3 Å². The topological polar surface area (TPSA) is 75.7 Å². The van der Waals surface area contributed by atoms with Gasteiger partial charge in [-0.1, -0.05) is 18.2 Å². The first kappa shape index (κ1) is 28.3. The van der Waals surface area contributed by atoms with Crippen molar-refractivity contribution in [2.75, 3.05) is 22.8 Å². The van der Waals surface area contributed by atoms with Gasteiger partial charge in [0.15, 0.2) is 6.61 Å². The average molecular weight is 573 g/mol. The fourth-order valence-electron chi connectivity index (χ4n) is 4.19. The molecule has 4 rings (SSSR count). The molecule has 0 spiro atoms. The van der Waals surface area contributed by atoms with Crippen LogP contribution in [-0.4, -0.2) is 27.5 Å². The second-order valence-corrected chi connectivity index (χ2v) is 10.7. The van der Waals surface area contributed by atoms with Gasteiger partial charge in [0.05, 0.1) is 21.7 Å². The maximum Gasteiger partial charge on any atom is 0.416 e. The molecular formula is C26H22F6N2O4S. The molecule has 0 aliphatic carbocycles. The molecule has 0 saturated heterocycles.